The largest absolute Gasteiger partial charge is 0.466 e. The Balaban J connectivity index is 2.35. The molecule has 1 aromatic rings. The molecule has 0 aliphatic heterocycles. The van der Waals surface area contributed by atoms with Crippen LogP contribution >= 0.6 is 0 Å². The van der Waals surface area contributed by atoms with Gasteiger partial charge in [-0.25, -0.2) is 9.97 Å². The summed E-state index contributed by atoms with van der Waals surface area (Å²) in [7, 11) is 0. The van der Waals surface area contributed by atoms with Crippen molar-refractivity contribution in [3.8, 4) is 0 Å². The van der Waals surface area contributed by atoms with Crippen molar-refractivity contribution in [1.29, 1.82) is 0 Å². The summed E-state index contributed by atoms with van der Waals surface area (Å²) in [5, 5.41) is 3.20. The molecular weight excluding hydrogens is 230 g/mol. The van der Waals surface area contributed by atoms with Gasteiger partial charge < -0.3 is 10.1 Å². The molecule has 100 valence electrons. The molecule has 0 saturated heterocycles. The van der Waals surface area contributed by atoms with Crippen LogP contribution in [-0.2, 0) is 16.0 Å². The van der Waals surface area contributed by atoms with Crippen LogP contribution < -0.4 is 5.32 Å². The topological polar surface area (TPSA) is 64.1 Å². The fourth-order valence-electron chi connectivity index (χ4n) is 1.58. The van der Waals surface area contributed by atoms with Crippen LogP contribution in [0, 0.1) is 6.92 Å². The van der Waals surface area contributed by atoms with E-state index in [4.69, 9.17) is 4.74 Å². The average molecular weight is 251 g/mol. The molecule has 1 N–H and O–H groups in total. The maximum absolute atomic E-state index is 11.1. The van der Waals surface area contributed by atoms with E-state index in [1.807, 2.05) is 19.9 Å². The highest BCUT2D eigenvalue weighted by molar-refractivity contribution is 5.69. The summed E-state index contributed by atoms with van der Waals surface area (Å²) in [4.78, 5) is 19.7. The zero-order valence-electron chi connectivity index (χ0n) is 11.3. The number of ether oxygens (including phenoxy) is 1. The van der Waals surface area contributed by atoms with Gasteiger partial charge in [-0.05, 0) is 26.7 Å². The maximum atomic E-state index is 11.1. The lowest BCUT2D eigenvalue weighted by molar-refractivity contribution is -0.143. The maximum Gasteiger partial charge on any atom is 0.305 e. The predicted molar refractivity (Wildman–Crippen MR) is 70.5 cm³/mol. The second-order valence-corrected chi connectivity index (χ2v) is 3.98. The molecule has 0 amide bonds. The van der Waals surface area contributed by atoms with Gasteiger partial charge in [0, 0.05) is 24.7 Å². The summed E-state index contributed by atoms with van der Waals surface area (Å²) in [5.74, 6) is 1.44. The number of aromatic nitrogens is 2. The van der Waals surface area contributed by atoms with Gasteiger partial charge in [0.05, 0.1) is 6.61 Å². The third-order valence-electron chi connectivity index (χ3n) is 2.42. The fraction of sp³-hybridized carbons (Fsp3) is 0.615. The predicted octanol–water partition coefficient (Wildman–Crippen LogP) is 2.10. The Labute approximate surface area is 108 Å². The quantitative estimate of drug-likeness (QED) is 0.594. The first kappa shape index (κ1) is 14.4. The molecule has 0 spiro atoms. The molecule has 18 heavy (non-hydrogen) atoms. The monoisotopic (exact) mass is 251 g/mol. The van der Waals surface area contributed by atoms with Gasteiger partial charge in [0.2, 0.25) is 0 Å². The number of anilines is 1. The van der Waals surface area contributed by atoms with Crippen LogP contribution in [0.5, 0.6) is 0 Å². The van der Waals surface area contributed by atoms with Gasteiger partial charge in [-0.1, -0.05) is 6.92 Å². The van der Waals surface area contributed by atoms with Crippen molar-refractivity contribution < 1.29 is 9.53 Å². The van der Waals surface area contributed by atoms with Crippen LogP contribution in [0.2, 0.25) is 0 Å². The molecule has 0 bridgehead atoms. The number of carbonyl (C=O) groups is 1. The molecule has 5 heteroatoms. The van der Waals surface area contributed by atoms with Crippen LogP contribution in [0.3, 0.4) is 0 Å². The van der Waals surface area contributed by atoms with Crippen molar-refractivity contribution in [2.75, 3.05) is 18.5 Å². The molecule has 0 aromatic carbocycles. The molecular formula is C13H21N3O2. The van der Waals surface area contributed by atoms with E-state index in [0.717, 1.165) is 30.2 Å². The minimum Gasteiger partial charge on any atom is -0.466 e. The van der Waals surface area contributed by atoms with Crippen LogP contribution in [0.1, 0.15) is 38.2 Å². The van der Waals surface area contributed by atoms with E-state index < -0.39 is 0 Å². The summed E-state index contributed by atoms with van der Waals surface area (Å²) < 4.78 is 4.86. The van der Waals surface area contributed by atoms with Gasteiger partial charge in [-0.15, -0.1) is 0 Å². The lowest BCUT2D eigenvalue weighted by Crippen LogP contribution is -2.10. The lowest BCUT2D eigenvalue weighted by atomic mass is 10.3. The number of carbonyl (C=O) groups excluding carboxylic acids is 1. The summed E-state index contributed by atoms with van der Waals surface area (Å²) in [6, 6.07) is 1.94. The average Bonchev–Trinajstić information content (AvgIpc) is 2.34. The highest BCUT2D eigenvalue weighted by Gasteiger charge is 2.02. The lowest BCUT2D eigenvalue weighted by Gasteiger charge is -2.07. The van der Waals surface area contributed by atoms with Crippen LogP contribution in [0.15, 0.2) is 6.07 Å². The second-order valence-electron chi connectivity index (χ2n) is 3.98. The van der Waals surface area contributed by atoms with Crippen molar-refractivity contribution >= 4 is 11.8 Å². The normalized spacial score (nSPS) is 10.2. The summed E-state index contributed by atoms with van der Waals surface area (Å²) >= 11 is 0. The first-order chi connectivity index (χ1) is 8.65. The molecule has 0 aliphatic carbocycles. The molecule has 0 saturated carbocycles. The summed E-state index contributed by atoms with van der Waals surface area (Å²) in [6.07, 6.45) is 2.07. The van der Waals surface area contributed by atoms with E-state index in [1.165, 1.54) is 0 Å². The van der Waals surface area contributed by atoms with Crippen molar-refractivity contribution in [2.45, 2.75) is 40.0 Å². The van der Waals surface area contributed by atoms with E-state index in [2.05, 4.69) is 22.2 Å². The first-order valence-corrected chi connectivity index (χ1v) is 6.39. The Bertz CT molecular complexity index is 394. The smallest absolute Gasteiger partial charge is 0.305 e. The van der Waals surface area contributed by atoms with Crippen molar-refractivity contribution in [3.63, 3.8) is 0 Å². The van der Waals surface area contributed by atoms with Crippen molar-refractivity contribution in [1.82, 2.24) is 9.97 Å². The van der Waals surface area contributed by atoms with Crippen molar-refractivity contribution in [2.24, 2.45) is 0 Å². The highest BCUT2D eigenvalue weighted by Crippen LogP contribution is 2.07. The molecule has 0 radical (unpaired) electrons. The number of rotatable bonds is 7. The Hall–Kier alpha value is -1.65. The Morgan fingerprint density at radius 2 is 2.17 bits per heavy atom. The van der Waals surface area contributed by atoms with Gasteiger partial charge in [0.15, 0.2) is 0 Å². The number of nitrogens with one attached hydrogen (secondary N) is 1. The molecule has 0 unspecified atom stereocenters. The van der Waals surface area contributed by atoms with E-state index >= 15 is 0 Å². The fourth-order valence-corrected chi connectivity index (χ4v) is 1.58. The third-order valence-corrected chi connectivity index (χ3v) is 2.42. The zero-order chi connectivity index (χ0) is 13.4. The van der Waals surface area contributed by atoms with Gasteiger partial charge in [-0.2, -0.15) is 0 Å². The van der Waals surface area contributed by atoms with E-state index in [9.17, 15) is 4.79 Å². The number of hydrogen-bond acceptors (Lipinski definition) is 5. The van der Waals surface area contributed by atoms with E-state index in [-0.39, 0.29) is 5.97 Å². The summed E-state index contributed by atoms with van der Waals surface area (Å²) in [5.41, 5.74) is 1.02. The Morgan fingerprint density at radius 1 is 1.39 bits per heavy atom. The first-order valence-electron chi connectivity index (χ1n) is 6.39. The molecule has 0 aliphatic rings. The van der Waals surface area contributed by atoms with Gasteiger partial charge in [-0.3, -0.25) is 4.79 Å². The van der Waals surface area contributed by atoms with Crippen molar-refractivity contribution in [3.05, 3.63) is 17.6 Å². The van der Waals surface area contributed by atoms with E-state index in [0.29, 0.717) is 19.6 Å². The molecule has 5 nitrogen and oxygen atoms in total. The van der Waals surface area contributed by atoms with E-state index in [1.54, 1.807) is 0 Å². The Kier molecular flexibility index (Phi) is 6.11. The highest BCUT2D eigenvalue weighted by atomic mass is 16.5. The zero-order valence-corrected chi connectivity index (χ0v) is 11.3. The standard InChI is InChI=1S/C13H21N3O2/c1-4-11-9-12(16-10(3)15-11)14-8-6-7-13(17)18-5-2/h9H,4-8H2,1-3H3,(H,14,15,16). The van der Waals surface area contributed by atoms with Crippen LogP contribution in [0.4, 0.5) is 5.82 Å². The minimum atomic E-state index is -0.146. The van der Waals surface area contributed by atoms with Gasteiger partial charge in [0.1, 0.15) is 11.6 Å². The number of aryl methyl sites for hydroxylation is 2. The van der Waals surface area contributed by atoms with Crippen LogP contribution in [-0.4, -0.2) is 29.1 Å². The summed E-state index contributed by atoms with van der Waals surface area (Å²) in [6.45, 7) is 6.90. The number of esters is 1. The molecule has 1 heterocycles. The van der Waals surface area contributed by atoms with Gasteiger partial charge >= 0.3 is 5.97 Å². The van der Waals surface area contributed by atoms with Gasteiger partial charge in [0.25, 0.3) is 0 Å². The molecule has 1 rings (SSSR count). The van der Waals surface area contributed by atoms with Crippen LogP contribution in [0.25, 0.3) is 0 Å². The Morgan fingerprint density at radius 3 is 2.83 bits per heavy atom. The molecule has 1 aromatic heterocycles. The SMILES string of the molecule is CCOC(=O)CCCNc1cc(CC)nc(C)n1. The molecule has 0 atom stereocenters. The second kappa shape index (κ2) is 7.63. The minimum absolute atomic E-state index is 0.146. The third kappa shape index (κ3) is 5.12. The number of nitrogens with zero attached hydrogens (tertiary/aromatic N) is 2. The number of hydrogen-bond donors (Lipinski definition) is 1. The molecule has 0 fully saturated rings.